The zero-order chi connectivity index (χ0) is 20.1. The SMILES string of the molecule is CC(OC(=O)c1ccc(CN2C(=O)CNC2=O)cc1)C(=O)NCc1ccco1. The average molecular weight is 385 g/mol. The van der Waals surface area contributed by atoms with Crippen LogP contribution in [0, 0.1) is 0 Å². The van der Waals surface area contributed by atoms with Gasteiger partial charge < -0.3 is 19.8 Å². The number of carbonyl (C=O) groups excluding carboxylic acids is 4. The fourth-order valence-electron chi connectivity index (χ4n) is 2.56. The molecule has 1 unspecified atom stereocenters. The van der Waals surface area contributed by atoms with Crippen molar-refractivity contribution in [3.05, 3.63) is 59.5 Å². The molecular formula is C19H19N3O6. The van der Waals surface area contributed by atoms with Crippen molar-refractivity contribution in [1.29, 1.82) is 0 Å². The maximum Gasteiger partial charge on any atom is 0.338 e. The van der Waals surface area contributed by atoms with Gasteiger partial charge in [0.1, 0.15) is 5.76 Å². The molecule has 2 N–H and O–H groups in total. The van der Waals surface area contributed by atoms with Gasteiger partial charge in [-0.1, -0.05) is 12.1 Å². The van der Waals surface area contributed by atoms with Gasteiger partial charge in [0.2, 0.25) is 5.91 Å². The smallest absolute Gasteiger partial charge is 0.338 e. The van der Waals surface area contributed by atoms with Crippen LogP contribution in [0.3, 0.4) is 0 Å². The summed E-state index contributed by atoms with van der Waals surface area (Å²) in [4.78, 5) is 48.5. The second-order valence-electron chi connectivity index (χ2n) is 6.18. The predicted molar refractivity (Wildman–Crippen MR) is 95.8 cm³/mol. The van der Waals surface area contributed by atoms with E-state index in [1.807, 2.05) is 0 Å². The van der Waals surface area contributed by atoms with E-state index in [9.17, 15) is 19.2 Å². The Kier molecular flexibility index (Phi) is 5.73. The minimum Gasteiger partial charge on any atom is -0.467 e. The van der Waals surface area contributed by atoms with E-state index in [0.29, 0.717) is 11.3 Å². The summed E-state index contributed by atoms with van der Waals surface area (Å²) in [5.74, 6) is -0.808. The number of ether oxygens (including phenoxy) is 1. The van der Waals surface area contributed by atoms with E-state index < -0.39 is 24.0 Å². The van der Waals surface area contributed by atoms with Crippen molar-refractivity contribution >= 4 is 23.8 Å². The summed E-state index contributed by atoms with van der Waals surface area (Å²) in [7, 11) is 0. The zero-order valence-corrected chi connectivity index (χ0v) is 15.1. The highest BCUT2D eigenvalue weighted by atomic mass is 16.5. The second kappa shape index (κ2) is 8.38. The molecule has 0 aliphatic carbocycles. The minimum absolute atomic E-state index is 0.0108. The van der Waals surface area contributed by atoms with Gasteiger partial charge in [-0.2, -0.15) is 0 Å². The molecule has 9 nitrogen and oxygen atoms in total. The molecule has 2 heterocycles. The third kappa shape index (κ3) is 4.56. The van der Waals surface area contributed by atoms with Crippen molar-refractivity contribution in [2.24, 2.45) is 0 Å². The first-order chi connectivity index (χ1) is 13.4. The van der Waals surface area contributed by atoms with Gasteiger partial charge in [-0.3, -0.25) is 14.5 Å². The van der Waals surface area contributed by atoms with Gasteiger partial charge >= 0.3 is 12.0 Å². The Morgan fingerprint density at radius 2 is 2.00 bits per heavy atom. The van der Waals surface area contributed by atoms with E-state index in [-0.39, 0.29) is 31.1 Å². The molecule has 2 aromatic rings. The van der Waals surface area contributed by atoms with Crippen molar-refractivity contribution < 1.29 is 28.3 Å². The number of benzene rings is 1. The Labute approximate surface area is 160 Å². The largest absolute Gasteiger partial charge is 0.467 e. The van der Waals surface area contributed by atoms with Gasteiger partial charge in [0.15, 0.2) is 6.10 Å². The van der Waals surface area contributed by atoms with Crippen molar-refractivity contribution in [2.45, 2.75) is 26.1 Å². The lowest BCUT2D eigenvalue weighted by atomic mass is 10.1. The molecule has 0 saturated carbocycles. The van der Waals surface area contributed by atoms with E-state index in [1.54, 1.807) is 24.3 Å². The molecule has 3 rings (SSSR count). The summed E-state index contributed by atoms with van der Waals surface area (Å²) < 4.78 is 10.3. The number of nitrogens with one attached hydrogen (secondary N) is 2. The average Bonchev–Trinajstić information content (AvgIpc) is 3.32. The topological polar surface area (TPSA) is 118 Å². The van der Waals surface area contributed by atoms with Crippen LogP contribution in [0.15, 0.2) is 47.1 Å². The molecule has 1 aromatic heterocycles. The number of hydrogen-bond donors (Lipinski definition) is 2. The number of furan rings is 1. The van der Waals surface area contributed by atoms with Crippen LogP contribution in [0.25, 0.3) is 0 Å². The van der Waals surface area contributed by atoms with Crippen molar-refractivity contribution in [3.63, 3.8) is 0 Å². The van der Waals surface area contributed by atoms with Crippen LogP contribution in [0.5, 0.6) is 0 Å². The van der Waals surface area contributed by atoms with E-state index in [2.05, 4.69) is 10.6 Å². The first-order valence-electron chi connectivity index (χ1n) is 8.62. The molecular weight excluding hydrogens is 366 g/mol. The number of rotatable bonds is 7. The molecule has 1 aliphatic rings. The van der Waals surface area contributed by atoms with Crippen LogP contribution < -0.4 is 10.6 Å². The number of amides is 4. The molecule has 4 amide bonds. The Morgan fingerprint density at radius 1 is 1.25 bits per heavy atom. The number of urea groups is 1. The zero-order valence-electron chi connectivity index (χ0n) is 15.1. The number of imide groups is 1. The normalized spacial score (nSPS) is 14.5. The molecule has 9 heteroatoms. The number of nitrogens with zero attached hydrogens (tertiary/aromatic N) is 1. The fourth-order valence-corrected chi connectivity index (χ4v) is 2.56. The van der Waals surface area contributed by atoms with Gasteiger partial charge in [0.25, 0.3) is 5.91 Å². The molecule has 0 radical (unpaired) electrons. The Hall–Kier alpha value is -3.62. The van der Waals surface area contributed by atoms with E-state index in [1.165, 1.54) is 25.3 Å². The summed E-state index contributed by atoms with van der Waals surface area (Å²) >= 11 is 0. The molecule has 146 valence electrons. The lowest BCUT2D eigenvalue weighted by Gasteiger charge is -2.14. The molecule has 1 aromatic carbocycles. The third-order valence-corrected chi connectivity index (χ3v) is 4.14. The lowest BCUT2D eigenvalue weighted by Crippen LogP contribution is -2.35. The fraction of sp³-hybridized carbons (Fsp3) is 0.263. The summed E-state index contributed by atoms with van der Waals surface area (Å²) in [5, 5.41) is 5.05. The number of hydrogen-bond acceptors (Lipinski definition) is 6. The van der Waals surface area contributed by atoms with E-state index in [4.69, 9.17) is 9.15 Å². The number of carbonyl (C=O) groups is 4. The highest BCUT2D eigenvalue weighted by Gasteiger charge is 2.28. The lowest BCUT2D eigenvalue weighted by molar-refractivity contribution is -0.129. The summed E-state index contributed by atoms with van der Waals surface area (Å²) in [6.07, 6.45) is 0.522. The monoisotopic (exact) mass is 385 g/mol. The molecule has 1 aliphatic heterocycles. The predicted octanol–water partition coefficient (Wildman–Crippen LogP) is 1.19. The van der Waals surface area contributed by atoms with Crippen LogP contribution in [0.1, 0.15) is 28.6 Å². The quantitative estimate of drug-likeness (QED) is 0.546. The summed E-state index contributed by atoms with van der Waals surface area (Å²) in [6.45, 7) is 1.78. The summed E-state index contributed by atoms with van der Waals surface area (Å²) in [6, 6.07) is 9.27. The maximum atomic E-state index is 12.2. The molecule has 1 atom stereocenters. The van der Waals surface area contributed by atoms with Gasteiger partial charge in [-0.05, 0) is 36.8 Å². The standard InChI is InChI=1S/C19H19N3O6/c1-12(17(24)20-9-15-3-2-8-27-15)28-18(25)14-6-4-13(5-7-14)11-22-16(23)10-21-19(22)26/h2-8,12H,9-11H2,1H3,(H,20,24)(H,21,26). The molecule has 0 bridgehead atoms. The summed E-state index contributed by atoms with van der Waals surface area (Å²) in [5.41, 5.74) is 0.942. The van der Waals surface area contributed by atoms with Crippen molar-refractivity contribution in [3.8, 4) is 0 Å². The highest BCUT2D eigenvalue weighted by molar-refractivity contribution is 6.01. The molecule has 1 fully saturated rings. The molecule has 1 saturated heterocycles. The van der Waals surface area contributed by atoms with Gasteiger partial charge in [0.05, 0.1) is 31.5 Å². The Bertz CT molecular complexity index is 860. The van der Waals surface area contributed by atoms with Crippen LogP contribution in [0.4, 0.5) is 4.79 Å². The van der Waals surface area contributed by atoms with E-state index in [0.717, 1.165) is 4.90 Å². The Balaban J connectivity index is 1.51. The third-order valence-electron chi connectivity index (χ3n) is 4.14. The second-order valence-corrected chi connectivity index (χ2v) is 6.18. The van der Waals surface area contributed by atoms with Gasteiger partial charge in [-0.15, -0.1) is 0 Å². The van der Waals surface area contributed by atoms with Crippen LogP contribution >= 0.6 is 0 Å². The van der Waals surface area contributed by atoms with E-state index >= 15 is 0 Å². The first kappa shape index (κ1) is 19.2. The van der Waals surface area contributed by atoms with Gasteiger partial charge in [0, 0.05) is 0 Å². The maximum absolute atomic E-state index is 12.2. The highest BCUT2D eigenvalue weighted by Crippen LogP contribution is 2.12. The number of esters is 1. The Morgan fingerprint density at radius 3 is 2.61 bits per heavy atom. The van der Waals surface area contributed by atoms with Gasteiger partial charge in [-0.25, -0.2) is 9.59 Å². The van der Waals surface area contributed by atoms with Crippen molar-refractivity contribution in [1.82, 2.24) is 15.5 Å². The minimum atomic E-state index is -0.979. The van der Waals surface area contributed by atoms with Crippen LogP contribution in [-0.4, -0.2) is 41.4 Å². The van der Waals surface area contributed by atoms with Crippen molar-refractivity contribution in [2.75, 3.05) is 6.54 Å². The first-order valence-corrected chi connectivity index (χ1v) is 8.62. The van der Waals surface area contributed by atoms with Crippen LogP contribution in [0.2, 0.25) is 0 Å². The van der Waals surface area contributed by atoms with Crippen LogP contribution in [-0.2, 0) is 27.4 Å². The molecule has 0 spiro atoms. The molecule has 28 heavy (non-hydrogen) atoms.